The Morgan fingerprint density at radius 2 is 2.08 bits per heavy atom. The maximum absolute atomic E-state index is 11.7. The van der Waals surface area contributed by atoms with Crippen molar-refractivity contribution in [3.05, 3.63) is 35.7 Å². The first-order valence-electron chi connectivity index (χ1n) is 8.13. The molecule has 0 aliphatic rings. The van der Waals surface area contributed by atoms with E-state index in [0.29, 0.717) is 25.3 Å². The number of hydrogen-bond acceptors (Lipinski definition) is 6. The Labute approximate surface area is 145 Å². The largest absolute Gasteiger partial charge is 0.456 e. The van der Waals surface area contributed by atoms with Crippen LogP contribution in [-0.4, -0.2) is 28.7 Å². The van der Waals surface area contributed by atoms with Gasteiger partial charge in [-0.05, 0) is 31.9 Å². The van der Waals surface area contributed by atoms with Crippen molar-refractivity contribution in [1.29, 1.82) is 0 Å². The number of unbranched alkanes of at least 4 members (excludes halogenated alkanes) is 2. The summed E-state index contributed by atoms with van der Waals surface area (Å²) in [6, 6.07) is 7.17. The quantitative estimate of drug-likeness (QED) is 0.531. The highest BCUT2D eigenvalue weighted by atomic mass is 16.5. The lowest BCUT2D eigenvalue weighted by atomic mass is 10.1. The number of nitrogens with one attached hydrogen (secondary N) is 1. The van der Waals surface area contributed by atoms with E-state index in [1.54, 1.807) is 0 Å². The predicted molar refractivity (Wildman–Crippen MR) is 90.3 cm³/mol. The van der Waals surface area contributed by atoms with Crippen LogP contribution in [0.25, 0.3) is 11.5 Å². The third-order valence-electron chi connectivity index (χ3n) is 3.45. The zero-order valence-corrected chi connectivity index (χ0v) is 14.2. The fraction of sp³-hybridized carbons (Fsp3) is 0.412. The maximum atomic E-state index is 11.7. The highest BCUT2D eigenvalue weighted by Gasteiger charge is 2.11. The molecule has 8 heteroatoms. The van der Waals surface area contributed by atoms with Crippen molar-refractivity contribution in [2.45, 2.75) is 39.2 Å². The number of benzene rings is 1. The topological polar surface area (TPSA) is 120 Å². The summed E-state index contributed by atoms with van der Waals surface area (Å²) in [7, 11) is 0. The zero-order valence-electron chi connectivity index (χ0n) is 14.2. The van der Waals surface area contributed by atoms with E-state index in [1.807, 2.05) is 31.2 Å². The lowest BCUT2D eigenvalue weighted by molar-refractivity contribution is -0.145. The third kappa shape index (κ3) is 6.62. The van der Waals surface area contributed by atoms with E-state index in [4.69, 9.17) is 14.9 Å². The minimum Gasteiger partial charge on any atom is -0.456 e. The second kappa shape index (κ2) is 9.41. The molecule has 0 radical (unpaired) electrons. The van der Waals surface area contributed by atoms with Crippen molar-refractivity contribution in [1.82, 2.24) is 15.5 Å². The summed E-state index contributed by atoms with van der Waals surface area (Å²) in [5.41, 5.74) is 6.87. The molecule has 2 amide bonds. The van der Waals surface area contributed by atoms with Crippen LogP contribution in [-0.2, 0) is 16.1 Å². The van der Waals surface area contributed by atoms with E-state index < -0.39 is 6.03 Å². The van der Waals surface area contributed by atoms with Gasteiger partial charge in [0.1, 0.15) is 0 Å². The van der Waals surface area contributed by atoms with Crippen molar-refractivity contribution in [2.24, 2.45) is 5.73 Å². The molecule has 25 heavy (non-hydrogen) atoms. The molecular weight excluding hydrogens is 324 g/mol. The monoisotopic (exact) mass is 346 g/mol. The van der Waals surface area contributed by atoms with E-state index in [-0.39, 0.29) is 18.5 Å². The SMILES string of the molecule is Cc1cccc(-c2nnc(COC(=O)CCCCCNC(N)=O)o2)c1. The summed E-state index contributed by atoms with van der Waals surface area (Å²) in [6.45, 7) is 2.45. The minimum absolute atomic E-state index is 0.0408. The Kier molecular flexibility index (Phi) is 6.94. The van der Waals surface area contributed by atoms with Gasteiger partial charge in [0.2, 0.25) is 5.89 Å². The molecule has 0 aliphatic heterocycles. The van der Waals surface area contributed by atoms with Gasteiger partial charge < -0.3 is 20.2 Å². The molecule has 3 N–H and O–H groups in total. The molecule has 0 unspecified atom stereocenters. The molecule has 0 saturated carbocycles. The van der Waals surface area contributed by atoms with Crippen LogP contribution in [0.2, 0.25) is 0 Å². The number of esters is 1. The van der Waals surface area contributed by atoms with Crippen LogP contribution in [0.15, 0.2) is 28.7 Å². The van der Waals surface area contributed by atoms with Crippen molar-refractivity contribution < 1.29 is 18.7 Å². The molecule has 2 aromatic rings. The smallest absolute Gasteiger partial charge is 0.312 e. The Hall–Kier alpha value is -2.90. The number of nitrogens with zero attached hydrogens (tertiary/aromatic N) is 2. The van der Waals surface area contributed by atoms with Gasteiger partial charge in [-0.1, -0.05) is 24.1 Å². The Morgan fingerprint density at radius 3 is 2.84 bits per heavy atom. The second-order valence-electron chi connectivity index (χ2n) is 5.63. The van der Waals surface area contributed by atoms with Crippen molar-refractivity contribution in [3.63, 3.8) is 0 Å². The van der Waals surface area contributed by atoms with Gasteiger partial charge in [0.05, 0.1) is 0 Å². The molecule has 134 valence electrons. The number of aryl methyl sites for hydroxylation is 1. The summed E-state index contributed by atoms with van der Waals surface area (Å²) in [5.74, 6) is 0.338. The summed E-state index contributed by atoms with van der Waals surface area (Å²) >= 11 is 0. The van der Waals surface area contributed by atoms with Crippen LogP contribution in [0.3, 0.4) is 0 Å². The number of urea groups is 1. The van der Waals surface area contributed by atoms with Crippen LogP contribution in [0.5, 0.6) is 0 Å². The first kappa shape index (κ1) is 18.4. The molecule has 1 aromatic carbocycles. The number of primary amides is 1. The van der Waals surface area contributed by atoms with Crippen LogP contribution in [0.1, 0.15) is 37.1 Å². The first-order chi connectivity index (χ1) is 12.0. The average molecular weight is 346 g/mol. The predicted octanol–water partition coefficient (Wildman–Crippen LogP) is 2.32. The molecule has 0 spiro atoms. The zero-order chi connectivity index (χ0) is 18.1. The number of amides is 2. The van der Waals surface area contributed by atoms with E-state index in [2.05, 4.69) is 15.5 Å². The lowest BCUT2D eigenvalue weighted by Crippen LogP contribution is -2.29. The van der Waals surface area contributed by atoms with Gasteiger partial charge in [-0.3, -0.25) is 4.79 Å². The summed E-state index contributed by atoms with van der Waals surface area (Å²) < 4.78 is 10.6. The van der Waals surface area contributed by atoms with Crippen molar-refractivity contribution >= 4 is 12.0 Å². The van der Waals surface area contributed by atoms with Crippen molar-refractivity contribution in [3.8, 4) is 11.5 Å². The number of rotatable bonds is 9. The van der Waals surface area contributed by atoms with Crippen LogP contribution in [0.4, 0.5) is 4.79 Å². The molecule has 8 nitrogen and oxygen atoms in total. The molecule has 0 atom stereocenters. The van der Waals surface area contributed by atoms with Gasteiger partial charge in [-0.2, -0.15) is 0 Å². The molecule has 0 bridgehead atoms. The van der Waals surface area contributed by atoms with Gasteiger partial charge in [0.15, 0.2) is 6.61 Å². The highest BCUT2D eigenvalue weighted by molar-refractivity contribution is 5.71. The maximum Gasteiger partial charge on any atom is 0.312 e. The van der Waals surface area contributed by atoms with Crippen molar-refractivity contribution in [2.75, 3.05) is 6.54 Å². The van der Waals surface area contributed by atoms with Gasteiger partial charge in [0.25, 0.3) is 5.89 Å². The first-order valence-corrected chi connectivity index (χ1v) is 8.13. The fourth-order valence-electron chi connectivity index (χ4n) is 2.20. The van der Waals surface area contributed by atoms with E-state index in [9.17, 15) is 9.59 Å². The number of aromatic nitrogens is 2. The van der Waals surface area contributed by atoms with E-state index in [0.717, 1.165) is 24.0 Å². The summed E-state index contributed by atoms with van der Waals surface area (Å²) in [6.07, 6.45) is 2.54. The number of ether oxygens (including phenoxy) is 1. The van der Waals surface area contributed by atoms with Gasteiger partial charge in [-0.15, -0.1) is 10.2 Å². The second-order valence-corrected chi connectivity index (χ2v) is 5.63. The Morgan fingerprint density at radius 1 is 1.24 bits per heavy atom. The number of hydrogen-bond donors (Lipinski definition) is 2. The molecule has 1 aromatic heterocycles. The van der Waals surface area contributed by atoms with Gasteiger partial charge in [0, 0.05) is 18.5 Å². The Balaban J connectivity index is 1.68. The molecular formula is C17H22N4O4. The molecule has 0 aliphatic carbocycles. The summed E-state index contributed by atoms with van der Waals surface area (Å²) in [4.78, 5) is 22.2. The molecule has 1 heterocycles. The third-order valence-corrected chi connectivity index (χ3v) is 3.45. The van der Waals surface area contributed by atoms with Crippen LogP contribution < -0.4 is 11.1 Å². The number of carbonyl (C=O) groups is 2. The Bertz CT molecular complexity index is 714. The van der Waals surface area contributed by atoms with Crippen LogP contribution in [0, 0.1) is 6.92 Å². The number of nitrogens with two attached hydrogens (primary N) is 1. The normalized spacial score (nSPS) is 10.4. The molecule has 0 fully saturated rings. The summed E-state index contributed by atoms with van der Waals surface area (Å²) in [5, 5.41) is 10.3. The lowest BCUT2D eigenvalue weighted by Gasteiger charge is -2.03. The van der Waals surface area contributed by atoms with E-state index >= 15 is 0 Å². The standard InChI is InChI=1S/C17H22N4O4/c1-12-6-5-7-13(10-12)16-21-20-14(25-16)11-24-15(22)8-3-2-4-9-19-17(18)23/h5-7,10H,2-4,8-9,11H2,1H3,(H3,18,19,23). The van der Waals surface area contributed by atoms with Crippen LogP contribution >= 0.6 is 0 Å². The molecule has 2 rings (SSSR count). The van der Waals surface area contributed by atoms with Gasteiger partial charge >= 0.3 is 12.0 Å². The number of carbonyl (C=O) groups excluding carboxylic acids is 2. The van der Waals surface area contributed by atoms with E-state index in [1.165, 1.54) is 0 Å². The highest BCUT2D eigenvalue weighted by Crippen LogP contribution is 2.19. The molecule has 0 saturated heterocycles. The fourth-order valence-corrected chi connectivity index (χ4v) is 2.20. The van der Waals surface area contributed by atoms with Gasteiger partial charge in [-0.25, -0.2) is 4.79 Å². The minimum atomic E-state index is -0.538. The average Bonchev–Trinajstić information content (AvgIpc) is 3.05.